The van der Waals surface area contributed by atoms with Gasteiger partial charge in [0.05, 0.1) is 4.90 Å². The Kier molecular flexibility index (Phi) is 8.63. The molecule has 0 radical (unpaired) electrons. The number of ether oxygens (including phenoxy) is 1. The quantitative estimate of drug-likeness (QED) is 0.443. The molecule has 0 unspecified atom stereocenters. The Morgan fingerprint density at radius 3 is 2.12 bits per heavy atom. The molecule has 7 heteroatoms. The summed E-state index contributed by atoms with van der Waals surface area (Å²) < 4.78 is 33.5. The van der Waals surface area contributed by atoms with E-state index < -0.39 is 10.0 Å². The van der Waals surface area contributed by atoms with Gasteiger partial charge in [0.1, 0.15) is 5.75 Å². The van der Waals surface area contributed by atoms with E-state index in [9.17, 15) is 13.2 Å². The van der Waals surface area contributed by atoms with E-state index in [1.54, 1.807) is 19.1 Å². The molecule has 0 aromatic heterocycles. The van der Waals surface area contributed by atoms with Gasteiger partial charge in [0, 0.05) is 12.1 Å². The smallest absolute Gasteiger partial charge is 0.258 e. The maximum Gasteiger partial charge on any atom is 0.258 e. The van der Waals surface area contributed by atoms with Gasteiger partial charge in [-0.25, -0.2) is 13.1 Å². The van der Waals surface area contributed by atoms with Gasteiger partial charge in [-0.15, -0.1) is 0 Å². The van der Waals surface area contributed by atoms with Crippen LogP contribution in [-0.4, -0.2) is 27.0 Å². The molecule has 3 aromatic carbocycles. The molecule has 0 aliphatic rings. The van der Waals surface area contributed by atoms with Gasteiger partial charge in [0.25, 0.3) is 5.91 Å². The van der Waals surface area contributed by atoms with E-state index >= 15 is 0 Å². The fraction of sp³-hybridized carbons (Fsp3) is 0.269. The Balaban J connectivity index is 1.46. The van der Waals surface area contributed by atoms with E-state index in [2.05, 4.69) is 22.2 Å². The molecule has 0 heterocycles. The summed E-state index contributed by atoms with van der Waals surface area (Å²) in [6, 6.07) is 25.2. The third-order valence-corrected chi connectivity index (χ3v) is 6.81. The van der Waals surface area contributed by atoms with Crippen molar-refractivity contribution in [2.45, 2.75) is 43.7 Å². The van der Waals surface area contributed by atoms with Crippen molar-refractivity contribution in [3.8, 4) is 5.75 Å². The summed E-state index contributed by atoms with van der Waals surface area (Å²) in [4.78, 5) is 12.3. The topological polar surface area (TPSA) is 84.5 Å². The lowest BCUT2D eigenvalue weighted by Crippen LogP contribution is -2.36. The zero-order valence-corrected chi connectivity index (χ0v) is 19.7. The van der Waals surface area contributed by atoms with Crippen molar-refractivity contribution in [3.05, 3.63) is 96.1 Å². The predicted octanol–water partition coefficient (Wildman–Crippen LogP) is 4.24. The van der Waals surface area contributed by atoms with Gasteiger partial charge < -0.3 is 10.1 Å². The van der Waals surface area contributed by atoms with E-state index in [1.165, 1.54) is 17.7 Å². The van der Waals surface area contributed by atoms with Crippen molar-refractivity contribution in [2.24, 2.45) is 0 Å². The highest BCUT2D eigenvalue weighted by Gasteiger charge is 2.18. The van der Waals surface area contributed by atoms with Crippen LogP contribution in [-0.2, 0) is 21.2 Å². The minimum absolute atomic E-state index is 0.0199. The predicted molar refractivity (Wildman–Crippen MR) is 129 cm³/mol. The second-order valence-electron chi connectivity index (χ2n) is 8.01. The van der Waals surface area contributed by atoms with Crippen LogP contribution in [0.15, 0.2) is 89.8 Å². The monoisotopic (exact) mass is 466 g/mol. The van der Waals surface area contributed by atoms with Crippen molar-refractivity contribution >= 4 is 15.9 Å². The molecule has 1 amide bonds. The van der Waals surface area contributed by atoms with Crippen LogP contribution in [0.3, 0.4) is 0 Å². The normalized spacial score (nSPS) is 13.2. The number of rotatable bonds is 11. The van der Waals surface area contributed by atoms with E-state index in [0.717, 1.165) is 18.4 Å². The number of amides is 1. The average molecular weight is 467 g/mol. The highest BCUT2D eigenvalue weighted by Crippen LogP contribution is 2.19. The van der Waals surface area contributed by atoms with Crippen molar-refractivity contribution < 1.29 is 17.9 Å². The molecule has 3 aromatic rings. The first-order chi connectivity index (χ1) is 15.8. The summed E-state index contributed by atoms with van der Waals surface area (Å²) in [5.41, 5.74) is 2.11. The van der Waals surface area contributed by atoms with Crippen LogP contribution in [0.25, 0.3) is 0 Å². The van der Waals surface area contributed by atoms with Crippen LogP contribution in [0.1, 0.15) is 37.4 Å². The van der Waals surface area contributed by atoms with Crippen molar-refractivity contribution in [1.29, 1.82) is 0 Å². The lowest BCUT2D eigenvalue weighted by atomic mass is 10.1. The van der Waals surface area contributed by atoms with E-state index in [1.807, 2.05) is 55.5 Å². The SMILES string of the molecule is C[C@H](NS(=O)(=O)c1ccc(OCC(=O)N[C@@H](C)CCc2ccccc2)cc1)c1ccccc1. The van der Waals surface area contributed by atoms with E-state index in [0.29, 0.717) is 5.75 Å². The zero-order chi connectivity index (χ0) is 23.7. The molecule has 0 fully saturated rings. The molecule has 6 nitrogen and oxygen atoms in total. The Labute approximate surface area is 196 Å². The molecule has 0 saturated carbocycles. The van der Waals surface area contributed by atoms with Crippen LogP contribution < -0.4 is 14.8 Å². The lowest BCUT2D eigenvalue weighted by Gasteiger charge is -2.15. The highest BCUT2D eigenvalue weighted by molar-refractivity contribution is 7.89. The Morgan fingerprint density at radius 2 is 1.48 bits per heavy atom. The number of hydrogen-bond acceptors (Lipinski definition) is 4. The van der Waals surface area contributed by atoms with Crippen LogP contribution in [0.5, 0.6) is 5.75 Å². The second-order valence-corrected chi connectivity index (χ2v) is 9.72. The summed E-state index contributed by atoms with van der Waals surface area (Å²) in [7, 11) is -3.69. The number of sulfonamides is 1. The largest absolute Gasteiger partial charge is 0.484 e. The van der Waals surface area contributed by atoms with Gasteiger partial charge in [-0.2, -0.15) is 0 Å². The number of nitrogens with one attached hydrogen (secondary N) is 2. The number of benzene rings is 3. The third-order valence-electron chi connectivity index (χ3n) is 5.25. The summed E-state index contributed by atoms with van der Waals surface area (Å²) in [5.74, 6) is 0.211. The molecular weight excluding hydrogens is 436 g/mol. The lowest BCUT2D eigenvalue weighted by molar-refractivity contribution is -0.123. The first-order valence-corrected chi connectivity index (χ1v) is 12.5. The molecule has 0 saturated heterocycles. The van der Waals surface area contributed by atoms with Crippen LogP contribution in [0.2, 0.25) is 0 Å². The van der Waals surface area contributed by atoms with Gasteiger partial charge in [0.2, 0.25) is 10.0 Å². The highest BCUT2D eigenvalue weighted by atomic mass is 32.2. The van der Waals surface area contributed by atoms with Gasteiger partial charge in [-0.1, -0.05) is 60.7 Å². The molecule has 33 heavy (non-hydrogen) atoms. The summed E-state index contributed by atoms with van der Waals surface area (Å²) in [5, 5.41) is 2.92. The molecule has 0 aliphatic heterocycles. The van der Waals surface area contributed by atoms with Gasteiger partial charge in [-0.05, 0) is 62.1 Å². The Hall–Kier alpha value is -3.16. The van der Waals surface area contributed by atoms with E-state index in [-0.39, 0.29) is 29.5 Å². The van der Waals surface area contributed by atoms with Gasteiger partial charge in [-0.3, -0.25) is 4.79 Å². The minimum Gasteiger partial charge on any atom is -0.484 e. The molecule has 0 aliphatic carbocycles. The van der Waals surface area contributed by atoms with Crippen LogP contribution in [0, 0.1) is 0 Å². The number of carbonyl (C=O) groups excluding carboxylic acids is 1. The number of hydrogen-bond donors (Lipinski definition) is 2. The second kappa shape index (κ2) is 11.6. The van der Waals surface area contributed by atoms with E-state index in [4.69, 9.17) is 4.74 Å². The van der Waals surface area contributed by atoms with Crippen molar-refractivity contribution in [1.82, 2.24) is 10.0 Å². The molecule has 0 bridgehead atoms. The van der Waals surface area contributed by atoms with Crippen LogP contribution >= 0.6 is 0 Å². The van der Waals surface area contributed by atoms with Gasteiger partial charge in [0.15, 0.2) is 6.61 Å². The molecular formula is C26H30N2O4S. The third kappa shape index (κ3) is 7.73. The molecule has 2 N–H and O–H groups in total. The van der Waals surface area contributed by atoms with Crippen molar-refractivity contribution in [3.63, 3.8) is 0 Å². The fourth-order valence-corrected chi connectivity index (χ4v) is 4.62. The average Bonchev–Trinajstić information content (AvgIpc) is 2.82. The number of aryl methyl sites for hydroxylation is 1. The molecule has 0 spiro atoms. The first kappa shape index (κ1) is 24.5. The summed E-state index contributed by atoms with van der Waals surface area (Å²) in [6.07, 6.45) is 1.71. The maximum atomic E-state index is 12.7. The fourth-order valence-electron chi connectivity index (χ4n) is 3.39. The first-order valence-electron chi connectivity index (χ1n) is 11.0. The Bertz CT molecular complexity index is 1120. The molecule has 3 rings (SSSR count). The Morgan fingerprint density at radius 1 is 0.879 bits per heavy atom. The van der Waals surface area contributed by atoms with Gasteiger partial charge >= 0.3 is 0 Å². The number of carbonyl (C=O) groups is 1. The molecule has 2 atom stereocenters. The van der Waals surface area contributed by atoms with Crippen molar-refractivity contribution in [2.75, 3.05) is 6.61 Å². The standard InChI is InChI=1S/C26H30N2O4S/c1-20(13-14-22-9-5-3-6-10-22)27-26(29)19-32-24-15-17-25(18-16-24)33(30,31)28-21(2)23-11-7-4-8-12-23/h3-12,15-18,20-21,28H,13-14,19H2,1-2H3,(H,27,29)/t20-,21-/m0/s1. The zero-order valence-electron chi connectivity index (χ0n) is 18.9. The molecule has 174 valence electrons. The summed E-state index contributed by atoms with van der Waals surface area (Å²) >= 11 is 0. The maximum absolute atomic E-state index is 12.7. The van der Waals surface area contributed by atoms with Crippen LogP contribution in [0.4, 0.5) is 0 Å². The summed E-state index contributed by atoms with van der Waals surface area (Å²) in [6.45, 7) is 3.62. The minimum atomic E-state index is -3.69.